The molecule has 0 aliphatic heterocycles. The first-order valence-electron chi connectivity index (χ1n) is 28.7. The number of phosphoric ester groups is 1. The van der Waals surface area contributed by atoms with Gasteiger partial charge in [-0.15, -0.1) is 0 Å². The molecule has 0 aliphatic rings. The van der Waals surface area contributed by atoms with Crippen LogP contribution in [0.25, 0.3) is 0 Å². The van der Waals surface area contributed by atoms with Crippen molar-refractivity contribution in [1.82, 2.24) is 0 Å². The zero-order chi connectivity index (χ0) is 48.5. The quantitative estimate of drug-likeness (QED) is 0.0256. The van der Waals surface area contributed by atoms with E-state index in [2.05, 4.69) is 13.8 Å². The molecule has 2 unspecified atom stereocenters. The zero-order valence-electron chi connectivity index (χ0n) is 44.7. The minimum Gasteiger partial charge on any atom is -0.756 e. The Balaban J connectivity index is 4.11. The third-order valence-corrected chi connectivity index (χ3v) is 14.1. The number of carbonyl (C=O) groups is 2. The smallest absolute Gasteiger partial charge is 0.306 e. The number of hydrogen-bond acceptors (Lipinski definition) is 8. The first-order valence-corrected chi connectivity index (χ1v) is 30.2. The van der Waals surface area contributed by atoms with Crippen molar-refractivity contribution < 1.29 is 42.1 Å². The number of ether oxygens (including phenoxy) is 2. The van der Waals surface area contributed by atoms with Crippen molar-refractivity contribution >= 4 is 19.8 Å². The van der Waals surface area contributed by atoms with E-state index in [4.69, 9.17) is 18.5 Å². The number of unbranched alkanes of at least 4 members (excludes halogenated alkanes) is 40. The van der Waals surface area contributed by atoms with Crippen LogP contribution >= 0.6 is 7.82 Å². The Labute approximate surface area is 410 Å². The van der Waals surface area contributed by atoms with Crippen LogP contribution in [-0.4, -0.2) is 70.0 Å². The van der Waals surface area contributed by atoms with E-state index >= 15 is 0 Å². The summed E-state index contributed by atoms with van der Waals surface area (Å²) in [4.78, 5) is 37.8. The van der Waals surface area contributed by atoms with Gasteiger partial charge in [-0.25, -0.2) is 0 Å². The van der Waals surface area contributed by atoms with Crippen molar-refractivity contribution in [2.75, 3.05) is 47.5 Å². The number of hydrogen-bond donors (Lipinski definition) is 0. The van der Waals surface area contributed by atoms with Crippen molar-refractivity contribution in [1.29, 1.82) is 0 Å². The van der Waals surface area contributed by atoms with E-state index in [0.29, 0.717) is 17.4 Å². The monoisotopic (exact) mass is 958 g/mol. The highest BCUT2D eigenvalue weighted by atomic mass is 31.2. The molecule has 10 heteroatoms. The molecule has 0 heterocycles. The molecule has 0 aromatic carbocycles. The molecule has 0 spiro atoms. The lowest BCUT2D eigenvalue weighted by atomic mass is 10.0. The van der Waals surface area contributed by atoms with Gasteiger partial charge in [0.25, 0.3) is 7.82 Å². The number of carbonyl (C=O) groups excluding carboxylic acids is 2. The molecule has 0 N–H and O–H groups in total. The third kappa shape index (κ3) is 52.4. The average Bonchev–Trinajstić information content (AvgIpc) is 3.27. The predicted octanol–water partition coefficient (Wildman–Crippen LogP) is 16.9. The second-order valence-electron chi connectivity index (χ2n) is 21.0. The van der Waals surface area contributed by atoms with Gasteiger partial charge in [0.2, 0.25) is 0 Å². The van der Waals surface area contributed by atoms with Crippen molar-refractivity contribution in [2.24, 2.45) is 0 Å². The molecule has 0 amide bonds. The molecule has 9 nitrogen and oxygen atoms in total. The molecule has 394 valence electrons. The summed E-state index contributed by atoms with van der Waals surface area (Å²) in [6, 6.07) is 0. The number of nitrogens with zero attached hydrogens (tertiary/aromatic N) is 1. The Hall–Kier alpha value is -0.990. The van der Waals surface area contributed by atoms with E-state index in [-0.39, 0.29) is 32.0 Å². The second kappa shape index (κ2) is 49.0. The first-order chi connectivity index (χ1) is 32.0. The van der Waals surface area contributed by atoms with Gasteiger partial charge in [-0.3, -0.25) is 14.2 Å². The van der Waals surface area contributed by atoms with Crippen LogP contribution < -0.4 is 4.89 Å². The standard InChI is InChI=1S/C56H112NO8P/c1-6-8-10-12-14-16-18-20-22-24-26-27-28-29-31-32-34-36-38-40-42-44-46-48-55(58)62-52-54(53-64-66(60,61)63-51-50-57(3,4)5)65-56(59)49-47-45-43-41-39-37-35-33-30-25-23-21-19-17-15-13-11-9-7-2/h54H,6-53H2,1-5H3. The summed E-state index contributed by atoms with van der Waals surface area (Å²) in [5.41, 5.74) is 0. The third-order valence-electron chi connectivity index (χ3n) is 13.1. The maximum absolute atomic E-state index is 12.8. The summed E-state index contributed by atoms with van der Waals surface area (Å²) in [7, 11) is 1.19. The summed E-state index contributed by atoms with van der Waals surface area (Å²) in [5.74, 6) is -0.809. The first kappa shape index (κ1) is 65.0. The summed E-state index contributed by atoms with van der Waals surface area (Å²) >= 11 is 0. The highest BCUT2D eigenvalue weighted by molar-refractivity contribution is 7.45. The highest BCUT2D eigenvalue weighted by Crippen LogP contribution is 2.38. The van der Waals surface area contributed by atoms with Gasteiger partial charge in [0.05, 0.1) is 27.7 Å². The lowest BCUT2D eigenvalue weighted by Crippen LogP contribution is -2.37. The maximum Gasteiger partial charge on any atom is 0.306 e. The summed E-state index contributed by atoms with van der Waals surface area (Å²) in [6.07, 6.45) is 54.3. The number of phosphoric acid groups is 1. The topological polar surface area (TPSA) is 111 Å². The molecule has 0 saturated heterocycles. The average molecular weight is 958 g/mol. The second-order valence-corrected chi connectivity index (χ2v) is 22.4. The van der Waals surface area contributed by atoms with E-state index in [1.54, 1.807) is 0 Å². The van der Waals surface area contributed by atoms with Crippen LogP contribution in [0, 0.1) is 0 Å². The highest BCUT2D eigenvalue weighted by Gasteiger charge is 2.22. The van der Waals surface area contributed by atoms with Gasteiger partial charge in [0.1, 0.15) is 19.8 Å². The largest absolute Gasteiger partial charge is 0.756 e. The Bertz CT molecular complexity index is 1080. The molecule has 0 aromatic rings. The van der Waals surface area contributed by atoms with Gasteiger partial charge >= 0.3 is 11.9 Å². The van der Waals surface area contributed by atoms with Crippen LogP contribution in [0.4, 0.5) is 0 Å². The normalized spacial score (nSPS) is 13.2. The SMILES string of the molecule is CCCCCCCCCCCCCCCCCCCCCCCCCC(=O)OCC(COP(=O)([O-])OCC[N+](C)(C)C)OC(=O)CCCCCCCCCCCCCCCCCCCCC. The van der Waals surface area contributed by atoms with Crippen molar-refractivity contribution in [3.05, 3.63) is 0 Å². The molecule has 0 radical (unpaired) electrons. The molecule has 0 saturated carbocycles. The number of quaternary nitrogens is 1. The number of likely N-dealkylation sites (N-methyl/N-ethyl adjacent to an activating group) is 1. The molecule has 0 aliphatic carbocycles. The van der Waals surface area contributed by atoms with Crippen LogP contribution in [0.15, 0.2) is 0 Å². The number of esters is 2. The van der Waals surface area contributed by atoms with E-state index in [1.807, 2.05) is 21.1 Å². The molecular weight excluding hydrogens is 846 g/mol. The van der Waals surface area contributed by atoms with Gasteiger partial charge in [-0.1, -0.05) is 271 Å². The Morgan fingerprint density at radius 1 is 0.409 bits per heavy atom. The molecule has 2 atom stereocenters. The van der Waals surface area contributed by atoms with Crippen LogP contribution in [0.3, 0.4) is 0 Å². The summed E-state index contributed by atoms with van der Waals surface area (Å²) in [6.45, 7) is 4.31. The minimum atomic E-state index is -4.63. The van der Waals surface area contributed by atoms with Crippen LogP contribution in [-0.2, 0) is 32.7 Å². The molecule has 66 heavy (non-hydrogen) atoms. The zero-order valence-corrected chi connectivity index (χ0v) is 45.6. The fraction of sp³-hybridized carbons (Fsp3) is 0.964. The van der Waals surface area contributed by atoms with Gasteiger partial charge in [0.15, 0.2) is 6.10 Å². The maximum atomic E-state index is 12.8. The van der Waals surface area contributed by atoms with Gasteiger partial charge in [-0.05, 0) is 12.8 Å². The van der Waals surface area contributed by atoms with E-state index in [0.717, 1.165) is 32.1 Å². The molecule has 0 bridgehead atoms. The van der Waals surface area contributed by atoms with Crippen LogP contribution in [0.5, 0.6) is 0 Å². The van der Waals surface area contributed by atoms with E-state index in [9.17, 15) is 19.0 Å². The van der Waals surface area contributed by atoms with Gasteiger partial charge in [0, 0.05) is 12.8 Å². The summed E-state index contributed by atoms with van der Waals surface area (Å²) in [5, 5.41) is 0. The Morgan fingerprint density at radius 2 is 0.682 bits per heavy atom. The molecule has 0 aromatic heterocycles. The van der Waals surface area contributed by atoms with Gasteiger partial charge in [-0.2, -0.15) is 0 Å². The minimum absolute atomic E-state index is 0.0251. The Kier molecular flexibility index (Phi) is 48.3. The lowest BCUT2D eigenvalue weighted by molar-refractivity contribution is -0.870. The van der Waals surface area contributed by atoms with Crippen LogP contribution in [0.1, 0.15) is 296 Å². The lowest BCUT2D eigenvalue weighted by Gasteiger charge is -2.28. The summed E-state index contributed by atoms with van der Waals surface area (Å²) < 4.78 is 34.2. The van der Waals surface area contributed by atoms with E-state index < -0.39 is 26.5 Å². The Morgan fingerprint density at radius 3 is 0.970 bits per heavy atom. The predicted molar refractivity (Wildman–Crippen MR) is 278 cm³/mol. The van der Waals surface area contributed by atoms with Crippen molar-refractivity contribution in [2.45, 2.75) is 302 Å². The van der Waals surface area contributed by atoms with E-state index in [1.165, 1.54) is 231 Å². The fourth-order valence-electron chi connectivity index (χ4n) is 8.66. The van der Waals surface area contributed by atoms with Gasteiger partial charge < -0.3 is 27.9 Å². The van der Waals surface area contributed by atoms with Crippen molar-refractivity contribution in [3.63, 3.8) is 0 Å². The fourth-order valence-corrected chi connectivity index (χ4v) is 9.39. The molecule has 0 rings (SSSR count). The molecule has 0 fully saturated rings. The number of rotatable bonds is 54. The molecular formula is C56H112NO8P. The van der Waals surface area contributed by atoms with Crippen molar-refractivity contribution in [3.8, 4) is 0 Å². The van der Waals surface area contributed by atoms with Crippen LogP contribution in [0.2, 0.25) is 0 Å².